The molecule has 32 heteroatoms. The molecule has 7 aromatic carbocycles. The van der Waals surface area contributed by atoms with Gasteiger partial charge in [0.1, 0.15) is 6.15 Å². The number of methoxy groups -OCH3 is 2. The van der Waals surface area contributed by atoms with Crippen LogP contribution in [-0.2, 0) is 68.4 Å². The Morgan fingerprint density at radius 3 is 0.750 bits per heavy atom. The zero-order chi connectivity index (χ0) is 68.5. The van der Waals surface area contributed by atoms with Crippen LogP contribution in [0.25, 0.3) is 0 Å². The molecule has 7 rings (SSSR count). The molecule has 0 saturated heterocycles. The number of benzene rings is 7. The molecule has 0 aliphatic rings. The Balaban J connectivity index is 0.000000328. The second kappa shape index (κ2) is 29.5. The van der Waals surface area contributed by atoms with Crippen molar-refractivity contribution >= 4 is 55.3 Å². The van der Waals surface area contributed by atoms with Gasteiger partial charge in [-0.25, -0.2) is 0 Å². The minimum atomic E-state index is -6.13. The summed E-state index contributed by atoms with van der Waals surface area (Å²) in [6.45, 7) is 4.24. The predicted molar refractivity (Wildman–Crippen MR) is 290 cm³/mol. The maximum absolute atomic E-state index is 14.2. The average molecular weight is 1410 g/mol. The number of hydrogen-bond donors (Lipinski definition) is 0. The van der Waals surface area contributed by atoms with E-state index in [0.29, 0.717) is 52.9 Å². The molecule has 0 N–H and O–H groups in total. The van der Waals surface area contributed by atoms with Crippen LogP contribution in [0.2, 0.25) is 0 Å². The van der Waals surface area contributed by atoms with E-state index in [1.165, 1.54) is 13.4 Å². The van der Waals surface area contributed by atoms with Crippen LogP contribution in [0.5, 0.6) is 11.5 Å². The van der Waals surface area contributed by atoms with Gasteiger partial charge >= 0.3 is 263 Å². The van der Waals surface area contributed by atoms with Gasteiger partial charge in [0.05, 0.1) is 44.5 Å². The second-order valence-corrected chi connectivity index (χ2v) is 23.8. The van der Waals surface area contributed by atoms with E-state index in [4.69, 9.17) is 28.4 Å². The molecule has 92 heavy (non-hydrogen) atoms. The number of para-hydroxylation sites is 2. The topological polar surface area (TPSA) is 55.4 Å². The monoisotopic (exact) mass is 1410 g/mol. The Morgan fingerprint density at radius 1 is 0.283 bits per heavy atom. The summed E-state index contributed by atoms with van der Waals surface area (Å²) in [7, 11) is 3.33. The van der Waals surface area contributed by atoms with E-state index in [1.807, 2.05) is 30.3 Å². The van der Waals surface area contributed by atoms with Crippen LogP contribution in [-0.4, -0.2) is 87.1 Å². The summed E-state index contributed by atoms with van der Waals surface area (Å²) in [4.78, 5) is 0. The smallest absolute Gasteiger partial charge is 0.194 e. The molecule has 0 bridgehead atoms. The zero-order valence-corrected chi connectivity index (χ0v) is 48.8. The molecule has 0 fully saturated rings. The van der Waals surface area contributed by atoms with Crippen molar-refractivity contribution in [3.8, 4) is 11.5 Å². The van der Waals surface area contributed by atoms with Gasteiger partial charge in [0.25, 0.3) is 0 Å². The summed E-state index contributed by atoms with van der Waals surface area (Å²) >= 11 is -1.72. The first-order valence-corrected chi connectivity index (χ1v) is 28.9. The van der Waals surface area contributed by atoms with Crippen molar-refractivity contribution in [2.75, 3.05) is 67.1 Å². The fourth-order valence-corrected chi connectivity index (χ4v) is 14.1. The zero-order valence-electron chi connectivity index (χ0n) is 47.1. The van der Waals surface area contributed by atoms with Crippen molar-refractivity contribution in [3.05, 3.63) is 196 Å². The van der Waals surface area contributed by atoms with Gasteiger partial charge < -0.3 is 0 Å². The molecule has 0 atom stereocenters. The van der Waals surface area contributed by atoms with E-state index in [1.54, 1.807) is 14.2 Å². The van der Waals surface area contributed by atoms with E-state index >= 15 is 0 Å². The fraction of sp³-hybridized carbons (Fsp3) is 0.300. The van der Waals surface area contributed by atoms with E-state index in [0.717, 1.165) is 11.5 Å². The van der Waals surface area contributed by atoms with Crippen molar-refractivity contribution in [2.45, 2.75) is 49.4 Å². The minimum Gasteiger partial charge on any atom is -0.194 e. The van der Waals surface area contributed by atoms with Crippen molar-refractivity contribution in [1.29, 1.82) is 0 Å². The van der Waals surface area contributed by atoms with Crippen LogP contribution in [0.15, 0.2) is 152 Å². The van der Waals surface area contributed by atoms with Gasteiger partial charge in [-0.1, -0.05) is 48.5 Å². The van der Waals surface area contributed by atoms with Gasteiger partial charge in [-0.2, -0.15) is 127 Å². The molecule has 0 aliphatic heterocycles. The summed E-state index contributed by atoms with van der Waals surface area (Å²) in [6.07, 6.45) is -54.8. The van der Waals surface area contributed by atoms with Crippen LogP contribution in [0.3, 0.4) is 0 Å². The molecule has 500 valence electrons. The van der Waals surface area contributed by atoms with E-state index in [9.17, 15) is 105 Å². The van der Waals surface area contributed by atoms with Gasteiger partial charge in [0, 0.05) is 0 Å². The second-order valence-electron chi connectivity index (χ2n) is 19.6. The standard InChI is InChI=1S/C32H12BF24.C28H35O6Se/c34-25(35,36)13-1-14(26(37,38)39)6-21(5-13)33(22-7-15(27(40,41)42)2-16(8-22)28(43,44)45,23-9-17(29(46,47)48)3-18(10-23)30(49,50)51)24-11-19(31(52,53)54)4-20(12-24)32(55,56)57;1-29-16-18-31-20-22-33-25-12-6-8-14-27(25)35(24-10-4-3-5-11-24)28-15-9-7-13-26(28)34-23-21-32-19-17-30-2/h1-12H;3-15H,16-23H2,1-2H3/q-1;+1. The number of halogens is 24. The first-order chi connectivity index (χ1) is 42.6. The van der Waals surface area contributed by atoms with Gasteiger partial charge in [0.15, 0.2) is 0 Å². The Labute approximate surface area is 511 Å². The van der Waals surface area contributed by atoms with Crippen LogP contribution in [0.4, 0.5) is 105 Å². The molecule has 0 saturated carbocycles. The Kier molecular flexibility index (Phi) is 23.7. The van der Waals surface area contributed by atoms with Gasteiger partial charge in [-0.05, 0) is 24.3 Å². The molecule has 6 nitrogen and oxygen atoms in total. The average Bonchev–Trinajstić information content (AvgIpc) is 0.709. The van der Waals surface area contributed by atoms with Crippen LogP contribution in [0, 0.1) is 0 Å². The Morgan fingerprint density at radius 2 is 0.511 bits per heavy atom. The maximum atomic E-state index is 14.2. The summed E-state index contributed by atoms with van der Waals surface area (Å²) < 4.78 is 378. The summed E-state index contributed by atoms with van der Waals surface area (Å²) in [5.41, 5.74) is -30.2. The first kappa shape index (κ1) is 73.9. The van der Waals surface area contributed by atoms with Crippen molar-refractivity contribution in [2.24, 2.45) is 0 Å². The summed E-state index contributed by atoms with van der Waals surface area (Å²) in [6, 6.07) is 18.4. The normalized spacial score (nSPS) is 13.1. The van der Waals surface area contributed by atoms with Crippen LogP contribution < -0.4 is 44.7 Å². The van der Waals surface area contributed by atoms with Crippen LogP contribution in [0.1, 0.15) is 44.5 Å². The van der Waals surface area contributed by atoms with Crippen LogP contribution >= 0.6 is 0 Å². The third kappa shape index (κ3) is 19.0. The van der Waals surface area contributed by atoms with Crippen molar-refractivity contribution in [3.63, 3.8) is 0 Å². The van der Waals surface area contributed by atoms with Gasteiger partial charge in [0.2, 0.25) is 0 Å². The molecule has 0 aliphatic carbocycles. The summed E-state index contributed by atoms with van der Waals surface area (Å²) in [5, 5.41) is 0. The third-order valence-corrected chi connectivity index (χ3v) is 18.2. The molecular formula is C60H47BF24O6Se. The number of ether oxygens (including phenoxy) is 6. The predicted octanol–water partition coefficient (Wildman–Crippen LogP) is 13.5. The molecule has 0 radical (unpaired) electrons. The van der Waals surface area contributed by atoms with Crippen molar-refractivity contribution < 1.29 is 134 Å². The van der Waals surface area contributed by atoms with Gasteiger partial charge in [-0.3, -0.25) is 0 Å². The molecule has 0 amide bonds. The largest absolute Gasteiger partial charge is 0.416 e. The Hall–Kier alpha value is -7.12. The number of alkyl halides is 24. The number of hydrogen-bond acceptors (Lipinski definition) is 6. The molecule has 0 unspecified atom stereocenters. The maximum Gasteiger partial charge on any atom is 0.416 e. The van der Waals surface area contributed by atoms with E-state index < -0.39 is 209 Å². The molecule has 7 aromatic rings. The van der Waals surface area contributed by atoms with Crippen molar-refractivity contribution in [1.82, 2.24) is 0 Å². The van der Waals surface area contributed by atoms with E-state index in [2.05, 4.69) is 48.5 Å². The molecule has 0 spiro atoms. The molecular weight excluding hydrogens is 1360 g/mol. The molecule has 0 heterocycles. The van der Waals surface area contributed by atoms with E-state index in [-0.39, 0.29) is 0 Å². The first-order valence-electron chi connectivity index (χ1n) is 26.3. The fourth-order valence-electron chi connectivity index (χ4n) is 9.39. The van der Waals surface area contributed by atoms with Gasteiger partial charge in [-0.15, -0.1) is 0 Å². The summed E-state index contributed by atoms with van der Waals surface area (Å²) in [5.74, 6) is 1.77. The quantitative estimate of drug-likeness (QED) is 0.0406. The SMILES string of the molecule is COCCOCCOc1ccccc1[Se+](c1ccccc1)c1ccccc1OCCOCCOC.FC(F)(F)c1cc([B-](c2cc(C(F)(F)F)cc(C(F)(F)F)c2)(c2cc(C(F)(F)F)cc(C(F)(F)F)c2)c2cc(C(F)(F)F)cc(C(F)(F)F)c2)cc(C(F)(F)F)c1. The Bertz CT molecular complexity index is 3060. The number of rotatable bonds is 21. The molecule has 0 aromatic heterocycles. The third-order valence-electron chi connectivity index (χ3n) is 13.4. The minimum absolute atomic E-state index is 0.478.